The highest BCUT2D eigenvalue weighted by atomic mass is 16.7. The highest BCUT2D eigenvalue weighted by Gasteiger charge is 2.17. The molecule has 0 unspecified atom stereocenters. The van der Waals surface area contributed by atoms with E-state index < -0.39 is 17.8 Å². The number of azide groups is 2. The van der Waals surface area contributed by atoms with Crippen molar-refractivity contribution in [1.29, 1.82) is 0 Å². The van der Waals surface area contributed by atoms with Gasteiger partial charge in [-0.05, 0) is 17.5 Å². The number of amides is 1. The van der Waals surface area contributed by atoms with Crippen LogP contribution in [0.5, 0.6) is 0 Å². The van der Waals surface area contributed by atoms with Gasteiger partial charge in [-0.15, -0.1) is 0 Å². The van der Waals surface area contributed by atoms with E-state index in [1.807, 2.05) is 0 Å². The fourth-order valence-electron chi connectivity index (χ4n) is 1.70. The lowest BCUT2D eigenvalue weighted by Crippen LogP contribution is -2.38. The lowest BCUT2D eigenvalue weighted by atomic mass is 10.2. The predicted molar refractivity (Wildman–Crippen MR) is 84.8 cm³/mol. The minimum Gasteiger partial charge on any atom is -0.481 e. The van der Waals surface area contributed by atoms with Gasteiger partial charge in [0, 0.05) is 55.9 Å². The van der Waals surface area contributed by atoms with Crippen LogP contribution in [-0.2, 0) is 19.2 Å². The van der Waals surface area contributed by atoms with Crippen LogP contribution in [0.2, 0.25) is 0 Å². The van der Waals surface area contributed by atoms with E-state index in [1.165, 1.54) is 7.05 Å². The van der Waals surface area contributed by atoms with E-state index in [9.17, 15) is 14.4 Å². The van der Waals surface area contributed by atoms with E-state index in [0.29, 0.717) is 0 Å². The van der Waals surface area contributed by atoms with Crippen LogP contribution in [0.25, 0.3) is 20.9 Å². The first kappa shape index (κ1) is 22.0. The van der Waals surface area contributed by atoms with Gasteiger partial charge in [-0.3, -0.25) is 14.5 Å². The van der Waals surface area contributed by atoms with Crippen molar-refractivity contribution in [1.82, 2.24) is 9.96 Å². The monoisotopic (exact) mass is 356 g/mol. The van der Waals surface area contributed by atoms with Gasteiger partial charge < -0.3 is 9.94 Å². The third-order valence-electron chi connectivity index (χ3n) is 2.88. The van der Waals surface area contributed by atoms with Crippen LogP contribution in [0.4, 0.5) is 0 Å². The molecule has 13 nitrogen and oxygen atoms in total. The predicted octanol–water partition coefficient (Wildman–Crippen LogP) is 1.08. The Morgan fingerprint density at radius 1 is 1.08 bits per heavy atom. The summed E-state index contributed by atoms with van der Waals surface area (Å²) in [6.07, 6.45) is -0.0752. The Morgan fingerprint density at radius 2 is 1.64 bits per heavy atom. The Balaban J connectivity index is 4.40. The van der Waals surface area contributed by atoms with Gasteiger partial charge in [0.2, 0.25) is 0 Å². The normalized spacial score (nSPS) is 9.68. The molecule has 0 saturated heterocycles. The molecular weight excluding hydrogens is 336 g/mol. The number of hydrogen-bond donors (Lipinski definition) is 1. The Bertz CT molecular complexity index is 534. The first-order valence-electron chi connectivity index (χ1n) is 7.34. The third-order valence-corrected chi connectivity index (χ3v) is 2.88. The molecule has 0 bridgehead atoms. The molecule has 0 aromatic carbocycles. The van der Waals surface area contributed by atoms with Gasteiger partial charge in [-0.2, -0.15) is 5.06 Å². The average Bonchev–Trinajstić information content (AvgIpc) is 2.54. The van der Waals surface area contributed by atoms with Crippen molar-refractivity contribution >= 4 is 17.8 Å². The lowest BCUT2D eigenvalue weighted by Gasteiger charge is -2.21. The Kier molecular flexibility index (Phi) is 11.8. The fraction of sp³-hybridized carbons (Fsp3) is 0.750. The molecule has 0 spiro atoms. The van der Waals surface area contributed by atoms with E-state index in [2.05, 4.69) is 20.1 Å². The smallest absolute Gasteiger partial charge is 0.346 e. The zero-order valence-electron chi connectivity index (χ0n) is 13.8. The number of rotatable bonds is 12. The number of aliphatic carboxylic acids is 1. The largest absolute Gasteiger partial charge is 0.481 e. The molecule has 0 rings (SSSR count). The van der Waals surface area contributed by atoms with E-state index in [0.717, 1.165) is 5.06 Å². The molecule has 0 aromatic heterocycles. The second-order valence-electron chi connectivity index (χ2n) is 4.79. The number of carboxylic acid groups (broad SMARTS) is 1. The van der Waals surface area contributed by atoms with Gasteiger partial charge in [0.15, 0.2) is 0 Å². The molecule has 1 amide bonds. The van der Waals surface area contributed by atoms with Crippen LogP contribution in [0.3, 0.4) is 0 Å². The number of nitrogens with zero attached hydrogens (tertiary/aromatic N) is 8. The summed E-state index contributed by atoms with van der Waals surface area (Å²) in [5, 5.41) is 16.0. The molecule has 0 atom stereocenters. The summed E-state index contributed by atoms with van der Waals surface area (Å²) < 4.78 is 0. The summed E-state index contributed by atoms with van der Waals surface area (Å²) in [7, 11) is 1.26. The first-order chi connectivity index (χ1) is 11.9. The van der Waals surface area contributed by atoms with E-state index in [1.54, 1.807) is 4.90 Å². The van der Waals surface area contributed by atoms with Gasteiger partial charge in [0.05, 0.1) is 6.54 Å². The maximum Gasteiger partial charge on any atom is 0.346 e. The molecule has 13 heteroatoms. The fourth-order valence-corrected chi connectivity index (χ4v) is 1.70. The van der Waals surface area contributed by atoms with Gasteiger partial charge in [-0.1, -0.05) is 10.2 Å². The summed E-state index contributed by atoms with van der Waals surface area (Å²) in [5.74, 6) is -2.26. The molecule has 0 heterocycles. The molecule has 0 aromatic rings. The van der Waals surface area contributed by atoms with Gasteiger partial charge >= 0.3 is 11.9 Å². The molecule has 0 aliphatic heterocycles. The van der Waals surface area contributed by atoms with Crippen molar-refractivity contribution < 1.29 is 24.3 Å². The summed E-state index contributed by atoms with van der Waals surface area (Å²) in [4.78, 5) is 45.6. The van der Waals surface area contributed by atoms with Crippen molar-refractivity contribution in [3.8, 4) is 0 Å². The van der Waals surface area contributed by atoms with Crippen LogP contribution < -0.4 is 0 Å². The quantitative estimate of drug-likeness (QED) is 0.236. The van der Waals surface area contributed by atoms with Crippen LogP contribution in [0, 0.1) is 0 Å². The average molecular weight is 356 g/mol. The third kappa shape index (κ3) is 12.1. The lowest BCUT2D eigenvalue weighted by molar-refractivity contribution is -0.193. The maximum absolute atomic E-state index is 11.9. The molecule has 1 N–H and O–H groups in total. The van der Waals surface area contributed by atoms with E-state index in [-0.39, 0.29) is 52.0 Å². The van der Waals surface area contributed by atoms with Crippen molar-refractivity contribution in [2.45, 2.75) is 19.3 Å². The highest BCUT2D eigenvalue weighted by Crippen LogP contribution is 2.01. The van der Waals surface area contributed by atoms with Crippen LogP contribution in [-0.4, -0.2) is 72.7 Å². The Hall–Kier alpha value is -3.01. The molecule has 0 aliphatic rings. The number of hydroxylamine groups is 2. The first-order valence-corrected chi connectivity index (χ1v) is 7.34. The Labute approximate surface area is 143 Å². The summed E-state index contributed by atoms with van der Waals surface area (Å²) in [6, 6.07) is 0. The maximum atomic E-state index is 11.9. The minimum atomic E-state index is -1.01. The van der Waals surface area contributed by atoms with Crippen molar-refractivity contribution in [2.75, 3.05) is 39.8 Å². The standard InChI is InChI=1S/C12H20N8O5/c1-19(10(21)3-2-4-11(22)23)25-12(24)9-20(7-5-15-17-13)8-6-16-18-14/h2-9H2,1H3,(H,22,23). The van der Waals surface area contributed by atoms with Gasteiger partial charge in [0.25, 0.3) is 5.91 Å². The molecule has 0 saturated carbocycles. The van der Waals surface area contributed by atoms with Gasteiger partial charge in [0.1, 0.15) is 0 Å². The Morgan fingerprint density at radius 3 is 2.12 bits per heavy atom. The zero-order valence-corrected chi connectivity index (χ0v) is 13.8. The minimum absolute atomic E-state index is 0.0619. The van der Waals surface area contributed by atoms with Crippen molar-refractivity contribution in [3.05, 3.63) is 20.9 Å². The summed E-state index contributed by atoms with van der Waals surface area (Å²) in [5.41, 5.74) is 16.5. The second kappa shape index (κ2) is 13.4. The molecule has 0 fully saturated rings. The van der Waals surface area contributed by atoms with Crippen LogP contribution >= 0.6 is 0 Å². The van der Waals surface area contributed by atoms with Crippen molar-refractivity contribution in [2.24, 2.45) is 10.2 Å². The second-order valence-corrected chi connectivity index (χ2v) is 4.79. The number of carbonyl (C=O) groups is 3. The number of carbonyl (C=O) groups excluding carboxylic acids is 2. The highest BCUT2D eigenvalue weighted by molar-refractivity contribution is 5.79. The molecule has 138 valence electrons. The van der Waals surface area contributed by atoms with Gasteiger partial charge in [-0.25, -0.2) is 4.79 Å². The summed E-state index contributed by atoms with van der Waals surface area (Å²) in [6.45, 7) is 0.523. The summed E-state index contributed by atoms with van der Waals surface area (Å²) >= 11 is 0. The zero-order chi connectivity index (χ0) is 19.1. The van der Waals surface area contributed by atoms with Crippen LogP contribution in [0.15, 0.2) is 10.2 Å². The van der Waals surface area contributed by atoms with E-state index in [4.69, 9.17) is 21.0 Å². The number of hydrogen-bond acceptors (Lipinski definition) is 7. The van der Waals surface area contributed by atoms with Crippen molar-refractivity contribution in [3.63, 3.8) is 0 Å². The molecular formula is C12H20N8O5. The molecule has 0 aliphatic carbocycles. The molecule has 25 heavy (non-hydrogen) atoms. The van der Waals surface area contributed by atoms with E-state index >= 15 is 0 Å². The number of carboxylic acids is 1. The SMILES string of the molecule is CN(OC(=O)CN(CCN=[N+]=[N-])CCN=[N+]=[N-])C(=O)CCCC(=O)O. The molecule has 0 radical (unpaired) electrons. The topological polar surface area (TPSA) is 185 Å². The van der Waals surface area contributed by atoms with Crippen LogP contribution in [0.1, 0.15) is 19.3 Å².